The fraction of sp³-hybridized carbons (Fsp3) is 0.542. The normalized spacial score (nSPS) is 22.6. The van der Waals surface area contributed by atoms with Crippen molar-refractivity contribution in [1.82, 2.24) is 14.9 Å². The number of β-amino-alcohol motifs (C(OH)–C–C–N with tert-alkyl or cyclic N) is 1. The molecule has 1 aliphatic heterocycles. The van der Waals surface area contributed by atoms with E-state index >= 15 is 4.39 Å². The van der Waals surface area contributed by atoms with Crippen molar-refractivity contribution in [3.63, 3.8) is 0 Å². The number of carbonyl (C=O) groups excluding carboxylic acids is 1. The lowest BCUT2D eigenvalue weighted by Gasteiger charge is -2.44. The Morgan fingerprint density at radius 2 is 1.95 bits per heavy atom. The number of aromatic nitrogens is 2. The van der Waals surface area contributed by atoms with E-state index < -0.39 is 35.0 Å². The Kier molecular flexibility index (Phi) is 7.85. The lowest BCUT2D eigenvalue weighted by atomic mass is 9.76. The molecule has 1 saturated heterocycles. The molecule has 1 aliphatic carbocycles. The zero-order chi connectivity index (χ0) is 26.8. The minimum Gasteiger partial charge on any atom is -0.396 e. The predicted octanol–water partition coefficient (Wildman–Crippen LogP) is 1.75. The summed E-state index contributed by atoms with van der Waals surface area (Å²) in [5.41, 5.74) is 4.07. The number of nitrogens with zero attached hydrogens (tertiary/aromatic N) is 4. The maximum Gasteiger partial charge on any atom is 0.416 e. The highest BCUT2D eigenvalue weighted by molar-refractivity contribution is 5.75. The molecule has 4 rings (SSSR count). The van der Waals surface area contributed by atoms with Crippen LogP contribution in [0.15, 0.2) is 30.6 Å². The summed E-state index contributed by atoms with van der Waals surface area (Å²) in [6.45, 7) is 0.364. The Hall–Kier alpha value is -3.03. The average Bonchev–Trinajstić information content (AvgIpc) is 3.68. The van der Waals surface area contributed by atoms with Crippen molar-refractivity contribution in [2.45, 2.75) is 44.1 Å². The minimum atomic E-state index is -4.44. The van der Waals surface area contributed by atoms with Crippen LogP contribution >= 0.6 is 0 Å². The molecule has 0 radical (unpaired) electrons. The van der Waals surface area contributed by atoms with E-state index in [9.17, 15) is 28.2 Å². The fourth-order valence-corrected chi connectivity index (χ4v) is 4.59. The summed E-state index contributed by atoms with van der Waals surface area (Å²) in [5.74, 6) is -1.33. The van der Waals surface area contributed by atoms with Crippen LogP contribution in [-0.4, -0.2) is 75.9 Å². The summed E-state index contributed by atoms with van der Waals surface area (Å²) in [4.78, 5) is 22.7. The van der Waals surface area contributed by atoms with Crippen molar-refractivity contribution in [3.05, 3.63) is 47.5 Å². The molecule has 1 aromatic carbocycles. The van der Waals surface area contributed by atoms with E-state index in [1.165, 1.54) is 18.5 Å². The highest BCUT2D eigenvalue weighted by atomic mass is 19.4. The molecule has 13 heteroatoms. The third kappa shape index (κ3) is 6.28. The molecule has 0 spiro atoms. The molecule has 2 aliphatic rings. The highest BCUT2D eigenvalue weighted by Crippen LogP contribution is 2.36. The van der Waals surface area contributed by atoms with E-state index in [1.54, 1.807) is 9.80 Å². The van der Waals surface area contributed by atoms with Gasteiger partial charge in [-0.3, -0.25) is 9.69 Å². The van der Waals surface area contributed by atoms with Crippen molar-refractivity contribution in [2.75, 3.05) is 43.0 Å². The van der Waals surface area contributed by atoms with Gasteiger partial charge in [0.05, 0.1) is 24.8 Å². The molecule has 5 N–H and O–H groups in total. The summed E-state index contributed by atoms with van der Waals surface area (Å²) in [5, 5.41) is 23.7. The number of anilines is 2. The van der Waals surface area contributed by atoms with Gasteiger partial charge in [0.15, 0.2) is 11.6 Å². The quantitative estimate of drug-likeness (QED) is 0.345. The van der Waals surface area contributed by atoms with Crippen molar-refractivity contribution >= 4 is 17.5 Å². The molecule has 2 aromatic rings. The van der Waals surface area contributed by atoms with Gasteiger partial charge in [0, 0.05) is 31.1 Å². The Bertz CT molecular complexity index is 1100. The number of aliphatic hydroxyl groups is 2. The number of primary amides is 1. The van der Waals surface area contributed by atoms with Gasteiger partial charge in [-0.05, 0) is 43.5 Å². The number of hydrogen-bond donors (Lipinski definition) is 4. The third-order valence-electron chi connectivity index (χ3n) is 7.03. The summed E-state index contributed by atoms with van der Waals surface area (Å²) in [6.07, 6.45) is -2.30. The molecule has 1 aromatic heterocycles. The van der Waals surface area contributed by atoms with Crippen molar-refractivity contribution in [2.24, 2.45) is 11.1 Å². The average molecular weight is 527 g/mol. The van der Waals surface area contributed by atoms with E-state index in [2.05, 4.69) is 15.3 Å². The lowest BCUT2D eigenvalue weighted by molar-refractivity contribution is -0.137. The number of aliphatic hydroxyl groups excluding tert-OH is 2. The molecular weight excluding hydrogens is 496 g/mol. The van der Waals surface area contributed by atoms with E-state index in [0.29, 0.717) is 18.5 Å². The number of nitrogens with one attached hydrogen (secondary N) is 1. The maximum atomic E-state index is 15.6. The van der Waals surface area contributed by atoms with Crippen molar-refractivity contribution in [1.29, 1.82) is 0 Å². The number of nitrogens with two attached hydrogens (primary N) is 1. The Morgan fingerprint density at radius 3 is 2.51 bits per heavy atom. The number of piperidine rings is 1. The van der Waals surface area contributed by atoms with Crippen molar-refractivity contribution in [3.8, 4) is 0 Å². The first-order valence-electron chi connectivity index (χ1n) is 12.0. The number of halogens is 4. The number of benzene rings is 1. The van der Waals surface area contributed by atoms with Gasteiger partial charge in [-0.1, -0.05) is 12.1 Å². The van der Waals surface area contributed by atoms with Crippen LogP contribution in [0.25, 0.3) is 0 Å². The van der Waals surface area contributed by atoms with Crippen LogP contribution < -0.4 is 16.0 Å². The summed E-state index contributed by atoms with van der Waals surface area (Å²) >= 11 is 0. The Labute approximate surface area is 211 Å². The number of amides is 1. The molecule has 2 fully saturated rings. The van der Waals surface area contributed by atoms with Gasteiger partial charge < -0.3 is 26.2 Å². The molecule has 2 heterocycles. The molecule has 37 heavy (non-hydrogen) atoms. The number of alkyl halides is 3. The molecule has 1 amide bonds. The van der Waals surface area contributed by atoms with Crippen LogP contribution in [0, 0.1) is 11.2 Å². The second-order valence-electron chi connectivity index (χ2n) is 9.75. The fourth-order valence-electron chi connectivity index (χ4n) is 4.59. The minimum absolute atomic E-state index is 0.000248. The van der Waals surface area contributed by atoms with Gasteiger partial charge in [-0.15, -0.1) is 0 Å². The molecule has 2 unspecified atom stereocenters. The van der Waals surface area contributed by atoms with Crippen LogP contribution in [0.4, 0.5) is 29.2 Å². The van der Waals surface area contributed by atoms with Crippen LogP contribution in [0.3, 0.4) is 0 Å². The van der Waals surface area contributed by atoms with Crippen LogP contribution in [0.2, 0.25) is 0 Å². The molecule has 0 bridgehead atoms. The number of carbonyl (C=O) groups is 1. The summed E-state index contributed by atoms with van der Waals surface area (Å²) in [6, 6.07) is 4.73. The van der Waals surface area contributed by atoms with Crippen LogP contribution in [0.1, 0.15) is 30.4 Å². The molecule has 2 atom stereocenters. The lowest BCUT2D eigenvalue weighted by Crippen LogP contribution is -2.56. The van der Waals surface area contributed by atoms with Gasteiger partial charge in [-0.25, -0.2) is 9.97 Å². The van der Waals surface area contributed by atoms with Crippen molar-refractivity contribution < 1.29 is 32.6 Å². The smallest absolute Gasteiger partial charge is 0.396 e. The summed E-state index contributed by atoms with van der Waals surface area (Å²) < 4.78 is 54.3. The van der Waals surface area contributed by atoms with E-state index in [4.69, 9.17) is 5.73 Å². The second-order valence-corrected chi connectivity index (χ2v) is 9.75. The van der Waals surface area contributed by atoms with E-state index in [0.717, 1.165) is 25.0 Å². The number of rotatable bonds is 10. The van der Waals surface area contributed by atoms with Crippen LogP contribution in [0.5, 0.6) is 0 Å². The first-order chi connectivity index (χ1) is 17.5. The first kappa shape index (κ1) is 27.0. The monoisotopic (exact) mass is 526 g/mol. The zero-order valence-electron chi connectivity index (χ0n) is 20.1. The Morgan fingerprint density at radius 1 is 1.24 bits per heavy atom. The number of likely N-dealkylation sites (tertiary alicyclic amines) is 1. The molecule has 9 nitrogen and oxygen atoms in total. The number of hydrogen-bond acceptors (Lipinski definition) is 8. The van der Waals surface area contributed by atoms with Gasteiger partial charge in [0.25, 0.3) is 0 Å². The second kappa shape index (κ2) is 10.8. The largest absolute Gasteiger partial charge is 0.416 e. The third-order valence-corrected chi connectivity index (χ3v) is 7.03. The topological polar surface area (TPSA) is 128 Å². The van der Waals surface area contributed by atoms with Crippen LogP contribution in [-0.2, 0) is 17.5 Å². The molecular formula is C24H30F4N6O3. The summed E-state index contributed by atoms with van der Waals surface area (Å²) in [7, 11) is 0. The van der Waals surface area contributed by atoms with E-state index in [1.807, 2.05) is 0 Å². The van der Waals surface area contributed by atoms with Gasteiger partial charge >= 0.3 is 6.18 Å². The standard InChI is InChI=1S/C24H30F4N6O3/c25-20-21(30-12-23(13-35)7-8-33(10-18(23)36)11-19(29)37)31-14-32-22(20)34(17-5-6-17)9-15-1-3-16(4-2-15)24(26,27)28/h1-4,14,17-18,35-36H,5-13H2,(H2,29,37)(H,30,31,32). The van der Waals surface area contributed by atoms with Gasteiger partial charge in [0.1, 0.15) is 6.33 Å². The zero-order valence-corrected chi connectivity index (χ0v) is 20.1. The first-order valence-corrected chi connectivity index (χ1v) is 12.0. The van der Waals surface area contributed by atoms with Gasteiger partial charge in [0.2, 0.25) is 11.7 Å². The predicted molar refractivity (Wildman–Crippen MR) is 127 cm³/mol. The maximum absolute atomic E-state index is 15.6. The Balaban J connectivity index is 1.48. The molecule has 202 valence electrons. The van der Waals surface area contributed by atoms with E-state index in [-0.39, 0.29) is 50.5 Å². The molecule has 1 saturated carbocycles. The SMILES string of the molecule is NC(=O)CN1CCC(CO)(CNc2ncnc(N(Cc3ccc(C(F)(F)F)cc3)C3CC3)c2F)C(O)C1. The van der Waals surface area contributed by atoms with Gasteiger partial charge in [-0.2, -0.15) is 17.6 Å². The highest BCUT2D eigenvalue weighted by Gasteiger charge is 2.42.